The van der Waals surface area contributed by atoms with Gasteiger partial charge in [0.2, 0.25) is 5.91 Å². The van der Waals surface area contributed by atoms with Crippen LogP contribution in [0.25, 0.3) is 0 Å². The number of carbonyl (C=O) groups excluding carboxylic acids is 1. The SMILES string of the molecule is CC[NH+](CC)Cc1ccccc1CNC(=O)CCS(=O)(=O)c1ccc(Cl)cc1. The molecule has 152 valence electrons. The first-order valence-corrected chi connectivity index (χ1v) is 11.5. The molecular weight excluding hydrogens is 396 g/mol. The molecule has 0 aliphatic carbocycles. The normalized spacial score (nSPS) is 11.6. The Kier molecular flexibility index (Phi) is 8.48. The molecule has 28 heavy (non-hydrogen) atoms. The van der Waals surface area contributed by atoms with E-state index in [-0.39, 0.29) is 23.0 Å². The highest BCUT2D eigenvalue weighted by molar-refractivity contribution is 7.91. The van der Waals surface area contributed by atoms with Crippen molar-refractivity contribution >= 4 is 27.3 Å². The van der Waals surface area contributed by atoms with Gasteiger partial charge in [0.1, 0.15) is 6.54 Å². The Labute approximate surface area is 172 Å². The third kappa shape index (κ3) is 6.62. The van der Waals surface area contributed by atoms with Crippen LogP contribution in [0.5, 0.6) is 0 Å². The van der Waals surface area contributed by atoms with Crippen molar-refractivity contribution in [2.45, 2.75) is 38.3 Å². The van der Waals surface area contributed by atoms with Crippen LogP contribution in [0.1, 0.15) is 31.4 Å². The van der Waals surface area contributed by atoms with Crippen molar-refractivity contribution in [3.05, 3.63) is 64.7 Å². The Morgan fingerprint density at radius 2 is 1.61 bits per heavy atom. The van der Waals surface area contributed by atoms with Gasteiger partial charge in [0, 0.05) is 23.6 Å². The zero-order chi connectivity index (χ0) is 20.6. The highest BCUT2D eigenvalue weighted by atomic mass is 35.5. The summed E-state index contributed by atoms with van der Waals surface area (Å²) in [7, 11) is -3.51. The molecular formula is C21H28ClN2O3S+. The van der Waals surface area contributed by atoms with E-state index < -0.39 is 9.84 Å². The fourth-order valence-corrected chi connectivity index (χ4v) is 4.31. The quantitative estimate of drug-likeness (QED) is 0.615. The summed E-state index contributed by atoms with van der Waals surface area (Å²) in [6.07, 6.45) is -0.0750. The third-order valence-corrected chi connectivity index (χ3v) is 6.79. The van der Waals surface area contributed by atoms with E-state index in [0.717, 1.165) is 25.2 Å². The second-order valence-electron chi connectivity index (χ2n) is 6.70. The maximum absolute atomic E-state index is 12.3. The van der Waals surface area contributed by atoms with Crippen LogP contribution >= 0.6 is 11.6 Å². The van der Waals surface area contributed by atoms with E-state index in [9.17, 15) is 13.2 Å². The predicted octanol–water partition coefficient (Wildman–Crippen LogP) is 2.24. The summed E-state index contributed by atoms with van der Waals surface area (Å²) >= 11 is 5.79. The number of hydrogen-bond acceptors (Lipinski definition) is 3. The number of quaternary nitrogens is 1. The van der Waals surface area contributed by atoms with Crippen molar-refractivity contribution in [2.24, 2.45) is 0 Å². The number of carbonyl (C=O) groups is 1. The fourth-order valence-electron chi connectivity index (χ4n) is 2.94. The molecule has 0 bridgehead atoms. The summed E-state index contributed by atoms with van der Waals surface area (Å²) < 4.78 is 24.7. The summed E-state index contributed by atoms with van der Waals surface area (Å²) in [5, 5.41) is 3.32. The second kappa shape index (κ2) is 10.6. The zero-order valence-electron chi connectivity index (χ0n) is 16.4. The average Bonchev–Trinajstić information content (AvgIpc) is 2.70. The van der Waals surface area contributed by atoms with Crippen LogP contribution in [0.4, 0.5) is 0 Å². The van der Waals surface area contributed by atoms with Gasteiger partial charge in [0.05, 0.1) is 23.7 Å². The molecule has 2 N–H and O–H groups in total. The molecule has 0 aromatic heterocycles. The van der Waals surface area contributed by atoms with Crippen LogP contribution in [0.15, 0.2) is 53.4 Å². The van der Waals surface area contributed by atoms with Gasteiger partial charge in [-0.2, -0.15) is 0 Å². The molecule has 0 fully saturated rings. The van der Waals surface area contributed by atoms with Crippen molar-refractivity contribution in [3.63, 3.8) is 0 Å². The summed E-state index contributed by atoms with van der Waals surface area (Å²) in [6.45, 7) is 7.70. The third-order valence-electron chi connectivity index (χ3n) is 4.81. The van der Waals surface area contributed by atoms with E-state index in [1.807, 2.05) is 18.2 Å². The Hall–Kier alpha value is -1.89. The van der Waals surface area contributed by atoms with E-state index in [1.165, 1.54) is 34.7 Å². The topological polar surface area (TPSA) is 67.7 Å². The van der Waals surface area contributed by atoms with Crippen LogP contribution in [-0.4, -0.2) is 33.2 Å². The molecule has 1 amide bonds. The molecule has 0 aliphatic heterocycles. The molecule has 2 rings (SSSR count). The molecule has 0 saturated heterocycles. The van der Waals surface area contributed by atoms with Gasteiger partial charge in [-0.25, -0.2) is 8.42 Å². The number of sulfone groups is 1. The monoisotopic (exact) mass is 423 g/mol. The van der Waals surface area contributed by atoms with Crippen molar-refractivity contribution in [1.82, 2.24) is 5.32 Å². The molecule has 0 aliphatic rings. The number of hydrogen-bond donors (Lipinski definition) is 2. The van der Waals surface area contributed by atoms with Gasteiger partial charge < -0.3 is 10.2 Å². The molecule has 0 atom stereocenters. The van der Waals surface area contributed by atoms with Crippen molar-refractivity contribution in [1.29, 1.82) is 0 Å². The molecule has 2 aromatic carbocycles. The van der Waals surface area contributed by atoms with Gasteiger partial charge in [0.25, 0.3) is 0 Å². The van der Waals surface area contributed by atoms with Gasteiger partial charge >= 0.3 is 0 Å². The molecule has 0 heterocycles. The van der Waals surface area contributed by atoms with Gasteiger partial charge in [-0.15, -0.1) is 0 Å². The van der Waals surface area contributed by atoms with Gasteiger partial charge in [-0.1, -0.05) is 35.9 Å². The van der Waals surface area contributed by atoms with Crippen LogP contribution < -0.4 is 10.2 Å². The minimum atomic E-state index is -3.51. The van der Waals surface area contributed by atoms with Crippen LogP contribution in [0.2, 0.25) is 5.02 Å². The lowest BCUT2D eigenvalue weighted by Crippen LogP contribution is -3.10. The van der Waals surface area contributed by atoms with Gasteiger partial charge in [0.15, 0.2) is 9.84 Å². The Bertz CT molecular complexity index is 879. The molecule has 0 unspecified atom stereocenters. The Balaban J connectivity index is 1.91. The first-order valence-electron chi connectivity index (χ1n) is 9.51. The van der Waals surface area contributed by atoms with Crippen LogP contribution in [0.3, 0.4) is 0 Å². The minimum absolute atomic E-state index is 0.0750. The standard InChI is InChI=1S/C21H27ClN2O3S/c1-3-24(4-2)16-18-8-6-5-7-17(18)15-23-21(25)13-14-28(26,27)20-11-9-19(22)10-12-20/h5-12H,3-4,13-16H2,1-2H3,(H,23,25)/p+1. The van der Waals surface area contributed by atoms with E-state index in [0.29, 0.717) is 11.6 Å². The first kappa shape index (κ1) is 22.4. The molecule has 0 saturated carbocycles. The molecule has 7 heteroatoms. The van der Waals surface area contributed by atoms with Gasteiger partial charge in [-0.05, 0) is 43.7 Å². The number of halogens is 1. The van der Waals surface area contributed by atoms with E-state index in [4.69, 9.17) is 11.6 Å². The fraction of sp³-hybridized carbons (Fsp3) is 0.381. The summed E-state index contributed by atoms with van der Waals surface area (Å²) in [6, 6.07) is 14.0. The summed E-state index contributed by atoms with van der Waals surface area (Å²) in [4.78, 5) is 13.8. The van der Waals surface area contributed by atoms with Crippen LogP contribution in [0, 0.1) is 0 Å². The first-order chi connectivity index (χ1) is 13.4. The molecule has 5 nitrogen and oxygen atoms in total. The molecule has 0 radical (unpaired) electrons. The van der Waals surface area contributed by atoms with Crippen LogP contribution in [-0.2, 0) is 27.7 Å². The number of benzene rings is 2. The predicted molar refractivity (Wildman–Crippen MR) is 112 cm³/mol. The average molecular weight is 424 g/mol. The van der Waals surface area contributed by atoms with Crippen molar-refractivity contribution in [2.75, 3.05) is 18.8 Å². The highest BCUT2D eigenvalue weighted by Crippen LogP contribution is 2.16. The molecule has 0 spiro atoms. The van der Waals surface area contributed by atoms with Crippen molar-refractivity contribution in [3.8, 4) is 0 Å². The largest absolute Gasteiger partial charge is 0.352 e. The lowest BCUT2D eigenvalue weighted by Gasteiger charge is -2.18. The summed E-state index contributed by atoms with van der Waals surface area (Å²) in [5.41, 5.74) is 2.27. The Morgan fingerprint density at radius 1 is 1.00 bits per heavy atom. The van der Waals surface area contributed by atoms with E-state index in [2.05, 4.69) is 25.2 Å². The number of amides is 1. The second-order valence-corrected chi connectivity index (χ2v) is 9.25. The maximum Gasteiger partial charge on any atom is 0.221 e. The molecule has 2 aromatic rings. The van der Waals surface area contributed by atoms with E-state index in [1.54, 1.807) is 0 Å². The number of nitrogens with one attached hydrogen (secondary N) is 2. The smallest absolute Gasteiger partial charge is 0.221 e. The lowest BCUT2D eigenvalue weighted by molar-refractivity contribution is -0.910. The Morgan fingerprint density at radius 3 is 2.21 bits per heavy atom. The summed E-state index contributed by atoms with van der Waals surface area (Å²) in [5.74, 6) is -0.506. The highest BCUT2D eigenvalue weighted by Gasteiger charge is 2.17. The minimum Gasteiger partial charge on any atom is -0.352 e. The lowest BCUT2D eigenvalue weighted by atomic mass is 10.1. The van der Waals surface area contributed by atoms with Gasteiger partial charge in [-0.3, -0.25) is 4.79 Å². The maximum atomic E-state index is 12.3. The van der Waals surface area contributed by atoms with E-state index >= 15 is 0 Å². The zero-order valence-corrected chi connectivity index (χ0v) is 17.9. The van der Waals surface area contributed by atoms with Crippen molar-refractivity contribution < 1.29 is 18.1 Å². The number of rotatable bonds is 10.